The van der Waals surface area contributed by atoms with Crippen molar-refractivity contribution in [3.05, 3.63) is 0 Å². The minimum Gasteiger partial charge on any atom is -0.357 e. The van der Waals surface area contributed by atoms with Crippen LogP contribution >= 0.6 is 24.0 Å². The van der Waals surface area contributed by atoms with Gasteiger partial charge in [0.15, 0.2) is 5.96 Å². The quantitative estimate of drug-likeness (QED) is 0.310. The van der Waals surface area contributed by atoms with Crippen LogP contribution in [0.4, 0.5) is 13.2 Å². The van der Waals surface area contributed by atoms with Crippen molar-refractivity contribution in [2.45, 2.75) is 51.7 Å². The van der Waals surface area contributed by atoms with Gasteiger partial charge < -0.3 is 10.6 Å². The van der Waals surface area contributed by atoms with E-state index in [1.165, 1.54) is 31.2 Å². The Balaban J connectivity index is 0.00000625. The molecule has 0 aromatic heterocycles. The van der Waals surface area contributed by atoms with E-state index >= 15 is 0 Å². The molecule has 1 aliphatic rings. The monoisotopic (exact) mass is 493 g/mol. The lowest BCUT2D eigenvalue weighted by molar-refractivity contribution is -0.142. The first kappa shape index (κ1) is 25.7. The van der Waals surface area contributed by atoms with Gasteiger partial charge in [-0.25, -0.2) is 0 Å². The summed E-state index contributed by atoms with van der Waals surface area (Å²) in [6.07, 6.45) is -0.398. The van der Waals surface area contributed by atoms with Crippen LogP contribution in [0.1, 0.15) is 40.0 Å². The molecule has 9 heteroatoms. The predicted molar refractivity (Wildman–Crippen MR) is 112 cm³/mol. The highest BCUT2D eigenvalue weighted by Gasteiger charge is 2.29. The molecular formula is C17H35F3IN5. The number of likely N-dealkylation sites (N-methyl/N-ethyl adjacent to an activating group) is 1. The number of aliphatic imine (C=N–C) groups is 1. The lowest BCUT2D eigenvalue weighted by atomic mass is 9.99. The molecule has 1 rings (SSSR count). The first-order valence-corrected chi connectivity index (χ1v) is 9.16. The Hall–Kier alpha value is -0.290. The highest BCUT2D eigenvalue weighted by molar-refractivity contribution is 14.0. The van der Waals surface area contributed by atoms with Crippen molar-refractivity contribution < 1.29 is 13.2 Å². The number of guanidine groups is 1. The van der Waals surface area contributed by atoms with Gasteiger partial charge in [0.25, 0.3) is 0 Å². The number of piperidine rings is 1. The first-order chi connectivity index (χ1) is 11.6. The average Bonchev–Trinajstić information content (AvgIpc) is 2.52. The molecule has 2 N–H and O–H groups in total. The fourth-order valence-electron chi connectivity index (χ4n) is 2.96. The Kier molecular flexibility index (Phi) is 12.1. The summed E-state index contributed by atoms with van der Waals surface area (Å²) in [6.45, 7) is 9.78. The third-order valence-corrected chi connectivity index (χ3v) is 4.42. The first-order valence-electron chi connectivity index (χ1n) is 9.16. The Labute approximate surface area is 173 Å². The van der Waals surface area contributed by atoms with Crippen LogP contribution in [0, 0.1) is 0 Å². The highest BCUT2D eigenvalue weighted by atomic mass is 127. The zero-order chi connectivity index (χ0) is 18.9. The van der Waals surface area contributed by atoms with Gasteiger partial charge in [0.1, 0.15) is 0 Å². The number of nitrogens with one attached hydrogen (secondary N) is 2. The van der Waals surface area contributed by atoms with Crippen LogP contribution in [0.2, 0.25) is 0 Å². The molecule has 0 amide bonds. The topological polar surface area (TPSA) is 42.9 Å². The van der Waals surface area contributed by atoms with Gasteiger partial charge in [-0.3, -0.25) is 14.8 Å². The van der Waals surface area contributed by atoms with Gasteiger partial charge in [-0.15, -0.1) is 24.0 Å². The van der Waals surface area contributed by atoms with Crippen molar-refractivity contribution in [1.82, 2.24) is 20.4 Å². The van der Waals surface area contributed by atoms with Crippen LogP contribution in [0.25, 0.3) is 0 Å². The average molecular weight is 493 g/mol. The molecule has 26 heavy (non-hydrogen) atoms. The molecule has 0 atom stereocenters. The third kappa shape index (κ3) is 10.8. The molecule has 0 unspecified atom stereocenters. The van der Waals surface area contributed by atoms with Crippen molar-refractivity contribution >= 4 is 29.9 Å². The van der Waals surface area contributed by atoms with E-state index in [4.69, 9.17) is 0 Å². The number of halogens is 4. The minimum absolute atomic E-state index is 0. The van der Waals surface area contributed by atoms with E-state index < -0.39 is 12.7 Å². The summed E-state index contributed by atoms with van der Waals surface area (Å²) < 4.78 is 37.0. The lowest BCUT2D eigenvalue weighted by Crippen LogP contribution is -2.50. The van der Waals surface area contributed by atoms with Gasteiger partial charge in [0.05, 0.1) is 13.1 Å². The molecule has 0 radical (unpaired) electrons. The maximum Gasteiger partial charge on any atom is 0.401 e. The minimum atomic E-state index is -4.16. The van der Waals surface area contributed by atoms with Crippen LogP contribution in [-0.2, 0) is 0 Å². The van der Waals surface area contributed by atoms with E-state index in [-0.39, 0.29) is 29.5 Å². The Bertz CT molecular complexity index is 410. The van der Waals surface area contributed by atoms with Crippen LogP contribution in [-0.4, -0.2) is 80.3 Å². The largest absolute Gasteiger partial charge is 0.401 e. The number of hydrogen-bond acceptors (Lipinski definition) is 3. The predicted octanol–water partition coefficient (Wildman–Crippen LogP) is 2.92. The Morgan fingerprint density at radius 1 is 1.12 bits per heavy atom. The van der Waals surface area contributed by atoms with Gasteiger partial charge in [0.2, 0.25) is 0 Å². The SMILES string of the molecule is CCNC(=NCC(C)(C)N1CCCCC1)NCCN(C)CC(F)(F)F.I. The number of alkyl halides is 3. The second-order valence-electron chi connectivity index (χ2n) is 7.34. The second kappa shape index (κ2) is 12.2. The normalized spacial score (nSPS) is 17.2. The van der Waals surface area contributed by atoms with Crippen LogP contribution in [0.3, 0.4) is 0 Å². The van der Waals surface area contributed by atoms with Gasteiger partial charge in [-0.1, -0.05) is 6.42 Å². The number of rotatable bonds is 8. The Morgan fingerprint density at radius 2 is 1.73 bits per heavy atom. The summed E-state index contributed by atoms with van der Waals surface area (Å²) >= 11 is 0. The summed E-state index contributed by atoms with van der Waals surface area (Å²) in [4.78, 5) is 8.37. The summed E-state index contributed by atoms with van der Waals surface area (Å²) in [5, 5.41) is 6.28. The van der Waals surface area contributed by atoms with E-state index in [0.717, 1.165) is 13.1 Å². The number of likely N-dealkylation sites (tertiary alicyclic amines) is 1. The van der Waals surface area contributed by atoms with Crippen molar-refractivity contribution in [2.75, 3.05) is 52.9 Å². The molecule has 0 spiro atoms. The standard InChI is InChI=1S/C17H34F3N5.HI/c1-5-21-15(22-9-12-24(4)14-17(18,19)20)23-13-16(2,3)25-10-7-6-8-11-25;/h5-14H2,1-4H3,(H2,21,22,23);1H. The lowest BCUT2D eigenvalue weighted by Gasteiger charge is -2.40. The van der Waals surface area contributed by atoms with Crippen LogP contribution in [0.15, 0.2) is 4.99 Å². The molecule has 0 aromatic rings. The fourth-order valence-corrected chi connectivity index (χ4v) is 2.96. The summed E-state index contributed by atoms with van der Waals surface area (Å²) in [5.41, 5.74) is -0.0180. The molecule has 0 aromatic carbocycles. The molecule has 0 saturated carbocycles. The van der Waals surface area contributed by atoms with E-state index in [2.05, 4.69) is 34.4 Å². The molecule has 0 bridgehead atoms. The smallest absolute Gasteiger partial charge is 0.357 e. The van der Waals surface area contributed by atoms with E-state index in [1.54, 1.807) is 0 Å². The van der Waals surface area contributed by atoms with Crippen LogP contribution in [0.5, 0.6) is 0 Å². The highest BCUT2D eigenvalue weighted by Crippen LogP contribution is 2.20. The van der Waals surface area contributed by atoms with Gasteiger partial charge in [-0.2, -0.15) is 13.2 Å². The van der Waals surface area contributed by atoms with Crippen LogP contribution < -0.4 is 10.6 Å². The molecular weight excluding hydrogens is 458 g/mol. The molecule has 1 aliphatic heterocycles. The third-order valence-electron chi connectivity index (χ3n) is 4.42. The van der Waals surface area contributed by atoms with Gasteiger partial charge in [0, 0.05) is 25.2 Å². The van der Waals surface area contributed by atoms with Crippen molar-refractivity contribution in [3.8, 4) is 0 Å². The molecule has 0 aliphatic carbocycles. The maximum absolute atomic E-state index is 12.3. The molecule has 1 fully saturated rings. The van der Waals surface area contributed by atoms with E-state index in [1.807, 2.05) is 6.92 Å². The zero-order valence-electron chi connectivity index (χ0n) is 16.5. The van der Waals surface area contributed by atoms with Crippen molar-refractivity contribution in [3.63, 3.8) is 0 Å². The zero-order valence-corrected chi connectivity index (χ0v) is 18.8. The molecule has 5 nitrogen and oxygen atoms in total. The summed E-state index contributed by atoms with van der Waals surface area (Å²) in [6, 6.07) is 0. The van der Waals surface area contributed by atoms with E-state index in [0.29, 0.717) is 32.1 Å². The maximum atomic E-state index is 12.3. The summed E-state index contributed by atoms with van der Waals surface area (Å²) in [5.74, 6) is 0.660. The van der Waals surface area contributed by atoms with Gasteiger partial charge >= 0.3 is 6.18 Å². The molecule has 1 saturated heterocycles. The Morgan fingerprint density at radius 3 is 2.27 bits per heavy atom. The van der Waals surface area contributed by atoms with E-state index in [9.17, 15) is 13.2 Å². The molecule has 1 heterocycles. The summed E-state index contributed by atoms with van der Waals surface area (Å²) in [7, 11) is 1.47. The molecule has 156 valence electrons. The van der Waals surface area contributed by atoms with Crippen molar-refractivity contribution in [1.29, 1.82) is 0 Å². The number of nitrogens with zero attached hydrogens (tertiary/aromatic N) is 3. The van der Waals surface area contributed by atoms with Gasteiger partial charge in [-0.05, 0) is 53.8 Å². The fraction of sp³-hybridized carbons (Fsp3) is 0.941. The van der Waals surface area contributed by atoms with Crippen molar-refractivity contribution in [2.24, 2.45) is 4.99 Å². The second-order valence-corrected chi connectivity index (χ2v) is 7.34. The number of hydrogen-bond donors (Lipinski definition) is 2.